The fraction of sp³-hybridized carbons (Fsp3) is 0.263. The Morgan fingerprint density at radius 2 is 1.64 bits per heavy atom. The molecule has 0 saturated heterocycles. The van der Waals surface area contributed by atoms with Crippen LogP contribution in [0.1, 0.15) is 28.4 Å². The van der Waals surface area contributed by atoms with Crippen molar-refractivity contribution < 1.29 is 19.1 Å². The fourth-order valence-corrected chi connectivity index (χ4v) is 3.24. The van der Waals surface area contributed by atoms with E-state index in [1.165, 1.54) is 26.0 Å². The topological polar surface area (TPSA) is 55.8 Å². The Labute approximate surface area is 155 Å². The van der Waals surface area contributed by atoms with Gasteiger partial charge >= 0.3 is 0 Å². The van der Waals surface area contributed by atoms with Crippen molar-refractivity contribution in [2.75, 3.05) is 24.6 Å². The van der Waals surface area contributed by atoms with Crippen LogP contribution in [0, 0.1) is 6.92 Å². The van der Waals surface area contributed by atoms with Gasteiger partial charge in [0.05, 0.1) is 25.4 Å². The van der Waals surface area contributed by atoms with Gasteiger partial charge in [-0.15, -0.1) is 0 Å². The lowest BCUT2D eigenvalue weighted by atomic mass is 9.98. The van der Waals surface area contributed by atoms with Gasteiger partial charge < -0.3 is 14.4 Å². The Kier molecular flexibility index (Phi) is 6.20. The van der Waals surface area contributed by atoms with Crippen LogP contribution in [0.4, 0.5) is 5.69 Å². The van der Waals surface area contributed by atoms with Crippen LogP contribution in [0.15, 0.2) is 36.4 Å². The van der Waals surface area contributed by atoms with Gasteiger partial charge in [-0.05, 0) is 36.8 Å². The van der Waals surface area contributed by atoms with E-state index in [4.69, 9.17) is 9.47 Å². The molecule has 5 nitrogen and oxygen atoms in total. The number of anilines is 1. The molecular weight excluding hydrogens is 386 g/mol. The lowest BCUT2D eigenvalue weighted by molar-refractivity contribution is -0.116. The van der Waals surface area contributed by atoms with Crippen molar-refractivity contribution in [2.24, 2.45) is 0 Å². The minimum atomic E-state index is -0.267. The normalized spacial score (nSPS) is 10.3. The molecule has 0 heterocycles. The molecule has 0 spiro atoms. The molecular formula is C19H20BrNO4. The molecule has 0 aliphatic carbocycles. The highest BCUT2D eigenvalue weighted by molar-refractivity contribution is 9.09. The molecule has 25 heavy (non-hydrogen) atoms. The summed E-state index contributed by atoms with van der Waals surface area (Å²) in [6, 6.07) is 10.5. The minimum absolute atomic E-state index is 0.167. The maximum absolute atomic E-state index is 13.3. The first-order valence-electron chi connectivity index (χ1n) is 7.65. The molecule has 0 saturated carbocycles. The highest BCUT2D eigenvalue weighted by atomic mass is 79.9. The zero-order chi connectivity index (χ0) is 18.6. The molecule has 0 aliphatic heterocycles. The number of rotatable bonds is 6. The number of para-hydroxylation sites is 1. The molecule has 1 amide bonds. The number of amides is 1. The lowest BCUT2D eigenvalue weighted by Crippen LogP contribution is -2.28. The number of hydrogen-bond acceptors (Lipinski definition) is 4. The number of carbonyl (C=O) groups is 2. The van der Waals surface area contributed by atoms with Gasteiger partial charge in [0, 0.05) is 12.5 Å². The van der Waals surface area contributed by atoms with E-state index in [1.807, 2.05) is 6.92 Å². The van der Waals surface area contributed by atoms with Crippen LogP contribution < -0.4 is 14.4 Å². The van der Waals surface area contributed by atoms with Crippen molar-refractivity contribution in [1.29, 1.82) is 0 Å². The SMILES string of the molecule is COc1cc(C)cc(OC)c1C(=O)c1ccccc1N(CBr)C(C)=O. The van der Waals surface area contributed by atoms with E-state index in [0.29, 0.717) is 28.3 Å². The fourth-order valence-electron chi connectivity index (χ4n) is 2.62. The smallest absolute Gasteiger partial charge is 0.224 e. The van der Waals surface area contributed by atoms with Crippen molar-refractivity contribution in [1.82, 2.24) is 0 Å². The maximum Gasteiger partial charge on any atom is 0.224 e. The highest BCUT2D eigenvalue weighted by Gasteiger charge is 2.25. The number of alkyl halides is 1. The third kappa shape index (κ3) is 3.85. The summed E-state index contributed by atoms with van der Waals surface area (Å²) in [6.45, 7) is 3.35. The number of ketones is 1. The number of aryl methyl sites for hydroxylation is 1. The predicted octanol–water partition coefficient (Wildman–Crippen LogP) is 3.95. The molecule has 2 rings (SSSR count). The zero-order valence-corrected chi connectivity index (χ0v) is 16.2. The molecule has 0 bridgehead atoms. The number of nitrogens with zero attached hydrogens (tertiary/aromatic N) is 1. The van der Waals surface area contributed by atoms with Crippen LogP contribution in [0.3, 0.4) is 0 Å². The number of hydrogen-bond donors (Lipinski definition) is 0. The Hall–Kier alpha value is -2.34. The molecule has 0 N–H and O–H groups in total. The zero-order valence-electron chi connectivity index (χ0n) is 14.6. The van der Waals surface area contributed by atoms with E-state index >= 15 is 0 Å². The first-order valence-corrected chi connectivity index (χ1v) is 8.77. The Morgan fingerprint density at radius 3 is 2.12 bits per heavy atom. The summed E-state index contributed by atoms with van der Waals surface area (Å²) in [5, 5.41) is 0. The van der Waals surface area contributed by atoms with Crippen molar-refractivity contribution >= 4 is 33.3 Å². The molecule has 0 aromatic heterocycles. The standard InChI is InChI=1S/C19H20BrNO4/c1-12-9-16(24-3)18(17(10-12)25-4)19(23)14-7-5-6-8-15(14)21(11-20)13(2)22/h5-10H,11H2,1-4H3. The van der Waals surface area contributed by atoms with Gasteiger partial charge in [-0.25, -0.2) is 0 Å². The molecule has 2 aromatic carbocycles. The van der Waals surface area contributed by atoms with Crippen LogP contribution in [0.5, 0.6) is 11.5 Å². The average Bonchev–Trinajstić information content (AvgIpc) is 2.61. The summed E-state index contributed by atoms with van der Waals surface area (Å²) in [6.07, 6.45) is 0. The molecule has 0 unspecified atom stereocenters. The molecule has 0 aliphatic rings. The monoisotopic (exact) mass is 405 g/mol. The first-order chi connectivity index (χ1) is 11.9. The lowest BCUT2D eigenvalue weighted by Gasteiger charge is -2.22. The van der Waals surface area contributed by atoms with Crippen molar-refractivity contribution in [3.63, 3.8) is 0 Å². The number of halogens is 1. The van der Waals surface area contributed by atoms with Gasteiger partial charge in [-0.3, -0.25) is 9.59 Å². The molecule has 2 aromatic rings. The van der Waals surface area contributed by atoms with Crippen LogP contribution in [0.25, 0.3) is 0 Å². The molecule has 0 fully saturated rings. The van der Waals surface area contributed by atoms with E-state index in [1.54, 1.807) is 36.4 Å². The van der Waals surface area contributed by atoms with E-state index < -0.39 is 0 Å². The second-order valence-corrected chi connectivity index (χ2v) is 5.96. The van der Waals surface area contributed by atoms with Gasteiger partial charge in [0.25, 0.3) is 0 Å². The highest BCUT2D eigenvalue weighted by Crippen LogP contribution is 2.34. The third-order valence-corrected chi connectivity index (χ3v) is 4.32. The van der Waals surface area contributed by atoms with Gasteiger partial charge in [0.15, 0.2) is 0 Å². The summed E-state index contributed by atoms with van der Waals surface area (Å²) in [4.78, 5) is 26.7. The Bertz CT molecular complexity index is 779. The van der Waals surface area contributed by atoms with Crippen LogP contribution in [0.2, 0.25) is 0 Å². The summed E-state index contributed by atoms with van der Waals surface area (Å²) in [7, 11) is 3.02. The molecule has 0 radical (unpaired) electrons. The summed E-state index contributed by atoms with van der Waals surface area (Å²) in [5.41, 5.74) is 2.47. The number of methoxy groups -OCH3 is 2. The van der Waals surface area contributed by atoms with Crippen molar-refractivity contribution in [3.05, 3.63) is 53.1 Å². The summed E-state index contributed by atoms with van der Waals surface area (Å²) < 4.78 is 10.8. The summed E-state index contributed by atoms with van der Waals surface area (Å²) >= 11 is 3.30. The van der Waals surface area contributed by atoms with Crippen LogP contribution in [-0.2, 0) is 4.79 Å². The summed E-state index contributed by atoms with van der Waals surface area (Å²) in [5.74, 6) is 0.436. The Morgan fingerprint density at radius 1 is 1.08 bits per heavy atom. The minimum Gasteiger partial charge on any atom is -0.496 e. The number of carbonyl (C=O) groups excluding carboxylic acids is 2. The van der Waals surface area contributed by atoms with Gasteiger partial charge in [0.1, 0.15) is 17.1 Å². The van der Waals surface area contributed by atoms with E-state index in [9.17, 15) is 9.59 Å². The van der Waals surface area contributed by atoms with Crippen LogP contribution >= 0.6 is 15.9 Å². The predicted molar refractivity (Wildman–Crippen MR) is 101 cm³/mol. The van der Waals surface area contributed by atoms with Gasteiger partial charge in [0.2, 0.25) is 11.7 Å². The van der Waals surface area contributed by atoms with E-state index in [2.05, 4.69) is 15.9 Å². The van der Waals surface area contributed by atoms with Crippen LogP contribution in [-0.4, -0.2) is 31.4 Å². The second kappa shape index (κ2) is 8.16. The van der Waals surface area contributed by atoms with Crippen molar-refractivity contribution in [2.45, 2.75) is 13.8 Å². The average molecular weight is 406 g/mol. The molecule has 132 valence electrons. The quantitative estimate of drug-likeness (QED) is 0.414. The Balaban J connectivity index is 2.66. The number of benzene rings is 2. The largest absolute Gasteiger partial charge is 0.496 e. The van der Waals surface area contributed by atoms with E-state index in [-0.39, 0.29) is 17.1 Å². The van der Waals surface area contributed by atoms with Crippen molar-refractivity contribution in [3.8, 4) is 11.5 Å². The maximum atomic E-state index is 13.3. The molecule has 0 atom stereocenters. The first kappa shape index (κ1) is 19.0. The van der Waals surface area contributed by atoms with Gasteiger partial charge in [-0.1, -0.05) is 28.1 Å². The molecule has 6 heteroatoms. The van der Waals surface area contributed by atoms with Gasteiger partial charge in [-0.2, -0.15) is 0 Å². The number of ether oxygens (including phenoxy) is 2. The van der Waals surface area contributed by atoms with E-state index in [0.717, 1.165) is 5.56 Å². The third-order valence-electron chi connectivity index (χ3n) is 3.82. The second-order valence-electron chi connectivity index (χ2n) is 5.46.